The minimum atomic E-state index is 0.127. The summed E-state index contributed by atoms with van der Waals surface area (Å²) in [6.07, 6.45) is 8.01. The second-order valence-corrected chi connectivity index (χ2v) is 6.74. The second kappa shape index (κ2) is 8.34. The van der Waals surface area contributed by atoms with Crippen LogP contribution in [0.15, 0.2) is 24.3 Å². The molecule has 1 aromatic rings. The van der Waals surface area contributed by atoms with Crippen molar-refractivity contribution in [1.29, 1.82) is 0 Å². The zero-order valence-corrected chi connectivity index (χ0v) is 13.9. The number of carbonyl (C=O) groups is 1. The van der Waals surface area contributed by atoms with Crippen LogP contribution in [0.4, 0.5) is 0 Å². The number of hydrogen-bond donors (Lipinski definition) is 1. The van der Waals surface area contributed by atoms with Crippen LogP contribution in [0.1, 0.15) is 48.9 Å². The third kappa shape index (κ3) is 4.71. The number of hydrogen-bond acceptors (Lipinski definition) is 3. The van der Waals surface area contributed by atoms with Gasteiger partial charge in [0.1, 0.15) is 5.75 Å². The van der Waals surface area contributed by atoms with Crippen molar-refractivity contribution >= 4 is 5.91 Å². The molecule has 4 nitrogen and oxygen atoms in total. The van der Waals surface area contributed by atoms with Crippen molar-refractivity contribution in [2.24, 2.45) is 5.92 Å². The molecular weight excluding hydrogens is 288 g/mol. The third-order valence-electron chi connectivity index (χ3n) is 4.97. The van der Waals surface area contributed by atoms with E-state index >= 15 is 0 Å². The largest absolute Gasteiger partial charge is 0.493 e. The first-order chi connectivity index (χ1) is 11.3. The van der Waals surface area contributed by atoms with E-state index in [0.29, 0.717) is 5.92 Å². The molecule has 0 radical (unpaired) electrons. The van der Waals surface area contributed by atoms with Gasteiger partial charge in [0.15, 0.2) is 0 Å². The Morgan fingerprint density at radius 3 is 2.35 bits per heavy atom. The minimum absolute atomic E-state index is 0.127. The van der Waals surface area contributed by atoms with Crippen molar-refractivity contribution in [3.63, 3.8) is 0 Å². The number of ether oxygens (including phenoxy) is 1. The van der Waals surface area contributed by atoms with Gasteiger partial charge in [-0.2, -0.15) is 0 Å². The Bertz CT molecular complexity index is 487. The van der Waals surface area contributed by atoms with E-state index in [4.69, 9.17) is 4.74 Å². The summed E-state index contributed by atoms with van der Waals surface area (Å²) in [7, 11) is 0. The minimum Gasteiger partial charge on any atom is -0.493 e. The van der Waals surface area contributed by atoms with Crippen LogP contribution in [0, 0.1) is 5.92 Å². The fourth-order valence-corrected chi connectivity index (χ4v) is 3.49. The highest BCUT2D eigenvalue weighted by Gasteiger charge is 2.18. The summed E-state index contributed by atoms with van der Waals surface area (Å²) in [4.78, 5) is 14.3. The zero-order chi connectivity index (χ0) is 15.9. The van der Waals surface area contributed by atoms with E-state index in [1.165, 1.54) is 38.5 Å². The summed E-state index contributed by atoms with van der Waals surface area (Å²) >= 11 is 0. The number of carbonyl (C=O) groups excluding carboxylic acids is 1. The first-order valence-electron chi connectivity index (χ1n) is 9.06. The molecule has 1 saturated carbocycles. The summed E-state index contributed by atoms with van der Waals surface area (Å²) < 4.78 is 5.95. The molecule has 1 aliphatic carbocycles. The number of benzene rings is 1. The average molecular weight is 316 g/mol. The molecule has 0 aromatic heterocycles. The smallest absolute Gasteiger partial charge is 0.253 e. The summed E-state index contributed by atoms with van der Waals surface area (Å²) in [6, 6.07) is 7.66. The quantitative estimate of drug-likeness (QED) is 0.868. The number of amides is 1. The van der Waals surface area contributed by atoms with E-state index in [-0.39, 0.29) is 5.91 Å². The average Bonchev–Trinajstić information content (AvgIpc) is 2.89. The van der Waals surface area contributed by atoms with Crippen molar-refractivity contribution < 1.29 is 9.53 Å². The van der Waals surface area contributed by atoms with Crippen LogP contribution in [-0.4, -0.2) is 43.6 Å². The Balaban J connectivity index is 1.51. The molecule has 1 heterocycles. The Hall–Kier alpha value is -1.55. The molecule has 2 aliphatic rings. The highest BCUT2D eigenvalue weighted by atomic mass is 16.5. The molecule has 0 bridgehead atoms. The molecule has 0 unspecified atom stereocenters. The van der Waals surface area contributed by atoms with Crippen molar-refractivity contribution in [3.05, 3.63) is 29.8 Å². The van der Waals surface area contributed by atoms with E-state index < -0.39 is 0 Å². The van der Waals surface area contributed by atoms with Gasteiger partial charge in [-0.1, -0.05) is 25.7 Å². The molecule has 3 rings (SSSR count). The van der Waals surface area contributed by atoms with E-state index in [2.05, 4.69) is 5.32 Å². The van der Waals surface area contributed by atoms with E-state index in [1.54, 1.807) is 0 Å². The lowest BCUT2D eigenvalue weighted by atomic mass is 10.0. The van der Waals surface area contributed by atoms with Crippen LogP contribution in [0.2, 0.25) is 0 Å². The molecule has 126 valence electrons. The Labute approximate surface area is 139 Å². The summed E-state index contributed by atoms with van der Waals surface area (Å²) in [5.41, 5.74) is 0.758. The zero-order valence-electron chi connectivity index (χ0n) is 13.9. The summed E-state index contributed by atoms with van der Waals surface area (Å²) in [5.74, 6) is 1.70. The van der Waals surface area contributed by atoms with Crippen LogP contribution in [0.5, 0.6) is 5.75 Å². The summed E-state index contributed by atoms with van der Waals surface area (Å²) in [5, 5.41) is 3.27. The highest BCUT2D eigenvalue weighted by molar-refractivity contribution is 5.94. The predicted octanol–water partition coefficient (Wildman–Crippen LogP) is 3.08. The number of piperazine rings is 1. The van der Waals surface area contributed by atoms with E-state index in [9.17, 15) is 4.79 Å². The van der Waals surface area contributed by atoms with E-state index in [0.717, 1.165) is 44.1 Å². The maximum absolute atomic E-state index is 12.4. The topological polar surface area (TPSA) is 41.6 Å². The molecule has 0 spiro atoms. The molecule has 1 aliphatic heterocycles. The van der Waals surface area contributed by atoms with Crippen LogP contribution in [-0.2, 0) is 0 Å². The molecule has 1 amide bonds. The molecule has 1 saturated heterocycles. The third-order valence-corrected chi connectivity index (χ3v) is 4.97. The SMILES string of the molecule is O=C(c1ccc(OCC2CCCCCC2)cc1)N1CCNCC1. The summed E-state index contributed by atoms with van der Waals surface area (Å²) in [6.45, 7) is 4.16. The predicted molar refractivity (Wildman–Crippen MR) is 91.9 cm³/mol. The second-order valence-electron chi connectivity index (χ2n) is 6.74. The Morgan fingerprint density at radius 1 is 1.04 bits per heavy atom. The Morgan fingerprint density at radius 2 is 1.70 bits per heavy atom. The van der Waals surface area contributed by atoms with Crippen LogP contribution in [0.3, 0.4) is 0 Å². The van der Waals surface area contributed by atoms with E-state index in [1.807, 2.05) is 29.2 Å². The van der Waals surface area contributed by atoms with Gasteiger partial charge < -0.3 is 15.0 Å². The first-order valence-corrected chi connectivity index (χ1v) is 9.06. The van der Waals surface area contributed by atoms with Crippen molar-refractivity contribution in [2.75, 3.05) is 32.8 Å². The highest BCUT2D eigenvalue weighted by Crippen LogP contribution is 2.24. The fourth-order valence-electron chi connectivity index (χ4n) is 3.49. The van der Waals surface area contributed by atoms with Gasteiger partial charge in [-0.05, 0) is 43.0 Å². The lowest BCUT2D eigenvalue weighted by Crippen LogP contribution is -2.46. The van der Waals surface area contributed by atoms with Gasteiger partial charge in [0.25, 0.3) is 5.91 Å². The molecule has 1 aromatic carbocycles. The molecule has 23 heavy (non-hydrogen) atoms. The van der Waals surface area contributed by atoms with Gasteiger partial charge in [0, 0.05) is 31.7 Å². The Kier molecular flexibility index (Phi) is 5.92. The molecule has 2 fully saturated rings. The van der Waals surface area contributed by atoms with Gasteiger partial charge in [-0.3, -0.25) is 4.79 Å². The van der Waals surface area contributed by atoms with Crippen molar-refractivity contribution in [1.82, 2.24) is 10.2 Å². The standard InChI is InChI=1S/C19H28N2O2/c22-19(21-13-11-20-12-14-21)17-7-9-18(10-8-17)23-15-16-5-3-1-2-4-6-16/h7-10,16,20H,1-6,11-15H2. The van der Waals surface area contributed by atoms with Gasteiger partial charge in [-0.25, -0.2) is 0 Å². The fraction of sp³-hybridized carbons (Fsp3) is 0.632. The lowest BCUT2D eigenvalue weighted by molar-refractivity contribution is 0.0736. The molecular formula is C19H28N2O2. The van der Waals surface area contributed by atoms with Crippen LogP contribution in [0.25, 0.3) is 0 Å². The lowest BCUT2D eigenvalue weighted by Gasteiger charge is -2.27. The maximum Gasteiger partial charge on any atom is 0.253 e. The van der Waals surface area contributed by atoms with Crippen molar-refractivity contribution in [3.8, 4) is 5.75 Å². The maximum atomic E-state index is 12.4. The van der Waals surface area contributed by atoms with Gasteiger partial charge in [0.05, 0.1) is 6.61 Å². The van der Waals surface area contributed by atoms with Crippen molar-refractivity contribution in [2.45, 2.75) is 38.5 Å². The molecule has 0 atom stereocenters. The number of nitrogens with zero attached hydrogens (tertiary/aromatic N) is 1. The molecule has 1 N–H and O–H groups in total. The monoisotopic (exact) mass is 316 g/mol. The number of rotatable bonds is 4. The number of nitrogens with one attached hydrogen (secondary N) is 1. The first kappa shape index (κ1) is 16.3. The van der Waals surface area contributed by atoms with Gasteiger partial charge in [-0.15, -0.1) is 0 Å². The molecule has 4 heteroatoms. The van der Waals surface area contributed by atoms with Gasteiger partial charge >= 0.3 is 0 Å². The van der Waals surface area contributed by atoms with Gasteiger partial charge in [0.2, 0.25) is 0 Å². The van der Waals surface area contributed by atoms with Crippen LogP contribution >= 0.6 is 0 Å². The van der Waals surface area contributed by atoms with Crippen LogP contribution < -0.4 is 10.1 Å². The normalized spacial score (nSPS) is 20.1.